The Kier molecular flexibility index (Phi) is 4.53. The monoisotopic (exact) mass is 209 g/mol. The Morgan fingerprint density at radius 3 is 2.50 bits per heavy atom. The lowest BCUT2D eigenvalue weighted by Gasteiger charge is -2.06. The second-order valence-electron chi connectivity index (χ2n) is 2.45. The first-order chi connectivity index (χ1) is 5.11. The van der Waals surface area contributed by atoms with Crippen LogP contribution in [0.3, 0.4) is 0 Å². The molecule has 1 nitrogen and oxygen atoms in total. The Labute approximate surface area is 82.1 Å². The standard InChI is InChI=1S/C8H9ClFN.ClH/c1-5(11)7-4-6(10)2-3-8(7)9;/h2-5H,11H2,1H3;1H/t5-;/m1./s1. The van der Waals surface area contributed by atoms with Crippen LogP contribution in [0.15, 0.2) is 18.2 Å². The fourth-order valence-corrected chi connectivity index (χ4v) is 1.15. The highest BCUT2D eigenvalue weighted by molar-refractivity contribution is 6.31. The Hall–Kier alpha value is -0.310. The molecule has 0 saturated carbocycles. The second kappa shape index (κ2) is 4.65. The highest BCUT2D eigenvalue weighted by atomic mass is 35.5. The molecular formula is C8H10Cl2FN. The van der Waals surface area contributed by atoms with Gasteiger partial charge in [-0.1, -0.05) is 11.6 Å². The first kappa shape index (κ1) is 11.7. The Morgan fingerprint density at radius 1 is 1.50 bits per heavy atom. The van der Waals surface area contributed by atoms with Crippen molar-refractivity contribution in [3.8, 4) is 0 Å². The highest BCUT2D eigenvalue weighted by Crippen LogP contribution is 2.21. The number of hydrogen-bond acceptors (Lipinski definition) is 1. The SMILES string of the molecule is C[C@@H](N)c1cc(F)ccc1Cl.Cl. The van der Waals surface area contributed by atoms with E-state index in [0.717, 1.165) is 0 Å². The van der Waals surface area contributed by atoms with Gasteiger partial charge in [-0.15, -0.1) is 12.4 Å². The third-order valence-corrected chi connectivity index (χ3v) is 1.79. The molecule has 2 N–H and O–H groups in total. The summed E-state index contributed by atoms with van der Waals surface area (Å²) < 4.78 is 12.6. The zero-order chi connectivity index (χ0) is 8.43. The van der Waals surface area contributed by atoms with Crippen LogP contribution in [0.25, 0.3) is 0 Å². The van der Waals surface area contributed by atoms with Crippen molar-refractivity contribution >= 4 is 24.0 Å². The molecule has 1 aromatic carbocycles. The van der Waals surface area contributed by atoms with Crippen LogP contribution < -0.4 is 5.73 Å². The summed E-state index contributed by atoms with van der Waals surface area (Å²) >= 11 is 5.74. The molecule has 0 fully saturated rings. The van der Waals surface area contributed by atoms with Gasteiger partial charge in [-0.25, -0.2) is 4.39 Å². The first-order valence-electron chi connectivity index (χ1n) is 3.32. The number of benzene rings is 1. The van der Waals surface area contributed by atoms with Crippen molar-refractivity contribution in [2.24, 2.45) is 5.73 Å². The number of nitrogens with two attached hydrogens (primary N) is 1. The van der Waals surface area contributed by atoms with Gasteiger partial charge < -0.3 is 5.73 Å². The van der Waals surface area contributed by atoms with Crippen LogP contribution in [0.1, 0.15) is 18.5 Å². The summed E-state index contributed by atoms with van der Waals surface area (Å²) in [6.07, 6.45) is 0. The molecule has 0 aliphatic carbocycles. The molecule has 4 heteroatoms. The number of rotatable bonds is 1. The molecule has 12 heavy (non-hydrogen) atoms. The van der Waals surface area contributed by atoms with Crippen LogP contribution >= 0.6 is 24.0 Å². The molecule has 0 saturated heterocycles. The predicted octanol–water partition coefficient (Wildman–Crippen LogP) is 2.92. The van der Waals surface area contributed by atoms with Crippen LogP contribution in [0.5, 0.6) is 0 Å². The Balaban J connectivity index is 0.00000121. The Bertz CT molecular complexity index is 263. The highest BCUT2D eigenvalue weighted by Gasteiger charge is 2.05. The lowest BCUT2D eigenvalue weighted by molar-refractivity contribution is 0.622. The van der Waals surface area contributed by atoms with E-state index >= 15 is 0 Å². The van der Waals surface area contributed by atoms with E-state index in [-0.39, 0.29) is 24.3 Å². The molecule has 1 aromatic rings. The normalized spacial score (nSPS) is 12.0. The molecule has 0 bridgehead atoms. The fraction of sp³-hybridized carbons (Fsp3) is 0.250. The molecule has 0 aliphatic rings. The van der Waals surface area contributed by atoms with Gasteiger partial charge in [-0.05, 0) is 30.7 Å². The van der Waals surface area contributed by atoms with Crippen LogP contribution in [0, 0.1) is 5.82 Å². The largest absolute Gasteiger partial charge is 0.324 e. The molecule has 1 rings (SSSR count). The fourth-order valence-electron chi connectivity index (χ4n) is 0.864. The van der Waals surface area contributed by atoms with Crippen LogP contribution in [-0.2, 0) is 0 Å². The minimum atomic E-state index is -0.304. The number of hydrogen-bond donors (Lipinski definition) is 1. The third kappa shape index (κ3) is 2.63. The van der Waals surface area contributed by atoms with Crippen molar-refractivity contribution in [2.45, 2.75) is 13.0 Å². The maximum Gasteiger partial charge on any atom is 0.123 e. The predicted molar refractivity (Wildman–Crippen MR) is 51.3 cm³/mol. The van der Waals surface area contributed by atoms with Crippen molar-refractivity contribution in [1.29, 1.82) is 0 Å². The van der Waals surface area contributed by atoms with Crippen molar-refractivity contribution < 1.29 is 4.39 Å². The van der Waals surface area contributed by atoms with Gasteiger partial charge in [0.25, 0.3) is 0 Å². The topological polar surface area (TPSA) is 26.0 Å². The second-order valence-corrected chi connectivity index (χ2v) is 2.86. The summed E-state index contributed by atoms with van der Waals surface area (Å²) in [5.41, 5.74) is 6.18. The maximum absolute atomic E-state index is 12.6. The van der Waals surface area contributed by atoms with Crippen molar-refractivity contribution in [1.82, 2.24) is 0 Å². The minimum Gasteiger partial charge on any atom is -0.324 e. The summed E-state index contributed by atoms with van der Waals surface area (Å²) in [6.45, 7) is 1.76. The zero-order valence-corrected chi connectivity index (χ0v) is 8.12. The summed E-state index contributed by atoms with van der Waals surface area (Å²) in [4.78, 5) is 0. The number of halogens is 3. The van der Waals surface area contributed by atoms with Gasteiger partial charge in [0.15, 0.2) is 0 Å². The summed E-state index contributed by atoms with van der Waals surface area (Å²) in [7, 11) is 0. The van der Waals surface area contributed by atoms with Crippen molar-refractivity contribution in [2.75, 3.05) is 0 Å². The smallest absolute Gasteiger partial charge is 0.123 e. The summed E-state index contributed by atoms with van der Waals surface area (Å²) in [5.74, 6) is -0.304. The zero-order valence-electron chi connectivity index (χ0n) is 6.55. The van der Waals surface area contributed by atoms with Crippen LogP contribution in [0.4, 0.5) is 4.39 Å². The quantitative estimate of drug-likeness (QED) is 0.757. The van der Waals surface area contributed by atoms with E-state index in [9.17, 15) is 4.39 Å². The van der Waals surface area contributed by atoms with E-state index < -0.39 is 0 Å². The molecular weight excluding hydrogens is 200 g/mol. The average Bonchev–Trinajstić information content (AvgIpc) is 1.94. The van der Waals surface area contributed by atoms with Crippen LogP contribution in [-0.4, -0.2) is 0 Å². The van der Waals surface area contributed by atoms with E-state index in [1.54, 1.807) is 6.92 Å². The van der Waals surface area contributed by atoms with Crippen molar-refractivity contribution in [3.63, 3.8) is 0 Å². The molecule has 1 atom stereocenters. The van der Waals surface area contributed by atoms with E-state index in [1.807, 2.05) is 0 Å². The van der Waals surface area contributed by atoms with Gasteiger partial charge in [0, 0.05) is 11.1 Å². The van der Waals surface area contributed by atoms with Gasteiger partial charge >= 0.3 is 0 Å². The van der Waals surface area contributed by atoms with E-state index in [4.69, 9.17) is 17.3 Å². The van der Waals surface area contributed by atoms with Crippen molar-refractivity contribution in [3.05, 3.63) is 34.6 Å². The molecule has 0 amide bonds. The van der Waals surface area contributed by atoms with E-state index in [2.05, 4.69) is 0 Å². The maximum atomic E-state index is 12.6. The summed E-state index contributed by atoms with van der Waals surface area (Å²) in [5, 5.41) is 0.515. The Morgan fingerprint density at radius 2 is 2.08 bits per heavy atom. The molecule has 0 spiro atoms. The molecule has 0 aliphatic heterocycles. The van der Waals surface area contributed by atoms with E-state index in [1.165, 1.54) is 18.2 Å². The molecule has 0 aromatic heterocycles. The molecule has 0 heterocycles. The van der Waals surface area contributed by atoms with Gasteiger partial charge in [0.1, 0.15) is 5.82 Å². The summed E-state index contributed by atoms with van der Waals surface area (Å²) in [6, 6.07) is 3.95. The molecule has 68 valence electrons. The lowest BCUT2D eigenvalue weighted by atomic mass is 10.1. The average molecular weight is 210 g/mol. The lowest BCUT2D eigenvalue weighted by Crippen LogP contribution is -2.05. The van der Waals surface area contributed by atoms with Gasteiger partial charge in [-0.3, -0.25) is 0 Å². The first-order valence-corrected chi connectivity index (χ1v) is 3.69. The molecule has 0 radical (unpaired) electrons. The van der Waals surface area contributed by atoms with Gasteiger partial charge in [0.2, 0.25) is 0 Å². The van der Waals surface area contributed by atoms with Gasteiger partial charge in [0.05, 0.1) is 0 Å². The van der Waals surface area contributed by atoms with E-state index in [0.29, 0.717) is 10.6 Å². The molecule has 0 unspecified atom stereocenters. The third-order valence-electron chi connectivity index (χ3n) is 1.45. The minimum absolute atomic E-state index is 0. The van der Waals surface area contributed by atoms with Gasteiger partial charge in [-0.2, -0.15) is 0 Å². The van der Waals surface area contributed by atoms with Crippen LogP contribution in [0.2, 0.25) is 5.02 Å².